The van der Waals surface area contributed by atoms with E-state index in [0.29, 0.717) is 31.3 Å². The second kappa shape index (κ2) is 6.44. The normalized spacial score (nSPS) is 17.6. The molecule has 1 aliphatic rings. The Morgan fingerprint density at radius 3 is 2.76 bits per heavy atom. The third kappa shape index (κ3) is 2.97. The summed E-state index contributed by atoms with van der Waals surface area (Å²) in [6.45, 7) is 3.58. The third-order valence-corrected chi connectivity index (χ3v) is 4.75. The van der Waals surface area contributed by atoms with Crippen molar-refractivity contribution in [3.8, 4) is 0 Å². The molecule has 1 N–H and O–H groups in total. The van der Waals surface area contributed by atoms with Crippen LogP contribution in [0.3, 0.4) is 0 Å². The number of anilines is 1. The molecule has 0 radical (unpaired) electrons. The monoisotopic (exact) mass is 348 g/mol. The van der Waals surface area contributed by atoms with E-state index >= 15 is 0 Å². The molecule has 134 valence electrons. The zero-order valence-electron chi connectivity index (χ0n) is 14.5. The molecule has 0 bridgehead atoms. The Morgan fingerprint density at radius 2 is 2.20 bits per heavy atom. The van der Waals surface area contributed by atoms with Crippen LogP contribution in [0.25, 0.3) is 11.0 Å². The van der Waals surface area contributed by atoms with Crippen LogP contribution in [0.5, 0.6) is 0 Å². The van der Waals surface area contributed by atoms with E-state index in [2.05, 4.69) is 9.88 Å². The summed E-state index contributed by atoms with van der Waals surface area (Å²) in [5, 5.41) is 9.17. The average molecular weight is 348 g/mol. The standard InChI is InChI=1S/C17H21FN4O3/c1-4-21-9-12(17(24)25)14(23)11-7-13(18)16(19-15(11)21)22-6-5-10(8-22)20(2)3/h7,9-10H,4-6,8H2,1-3H3,(H,24,25). The maximum absolute atomic E-state index is 14.6. The van der Waals surface area contributed by atoms with Crippen LogP contribution in [0.4, 0.5) is 10.2 Å². The Morgan fingerprint density at radius 1 is 1.48 bits per heavy atom. The Hall–Kier alpha value is -2.48. The molecule has 0 spiro atoms. The first-order valence-corrected chi connectivity index (χ1v) is 8.21. The SMILES string of the molecule is CCn1cc(C(=O)O)c(=O)c2cc(F)c(N3CCC(N(C)C)C3)nc21. The maximum Gasteiger partial charge on any atom is 0.341 e. The molecule has 0 saturated carbocycles. The van der Waals surface area contributed by atoms with Gasteiger partial charge in [-0.05, 0) is 33.5 Å². The smallest absolute Gasteiger partial charge is 0.341 e. The molecule has 2 aromatic rings. The molecule has 7 nitrogen and oxygen atoms in total. The summed E-state index contributed by atoms with van der Waals surface area (Å²) in [5.41, 5.74) is -0.780. The van der Waals surface area contributed by atoms with Gasteiger partial charge in [-0.15, -0.1) is 0 Å². The van der Waals surface area contributed by atoms with Gasteiger partial charge in [0, 0.05) is 31.9 Å². The van der Waals surface area contributed by atoms with Crippen LogP contribution in [0, 0.1) is 5.82 Å². The summed E-state index contributed by atoms with van der Waals surface area (Å²) in [4.78, 5) is 31.9. The number of halogens is 1. The molecule has 1 aliphatic heterocycles. The van der Waals surface area contributed by atoms with E-state index in [-0.39, 0.29) is 16.8 Å². The predicted molar refractivity (Wildman–Crippen MR) is 92.9 cm³/mol. The Balaban J connectivity index is 2.15. The minimum absolute atomic E-state index is 0.00800. The number of fused-ring (bicyclic) bond motifs is 1. The molecule has 0 amide bonds. The van der Waals surface area contributed by atoms with Gasteiger partial charge in [-0.2, -0.15) is 0 Å². The minimum atomic E-state index is -1.33. The van der Waals surface area contributed by atoms with Gasteiger partial charge in [0.15, 0.2) is 11.6 Å². The highest BCUT2D eigenvalue weighted by molar-refractivity contribution is 5.92. The van der Waals surface area contributed by atoms with E-state index in [1.54, 1.807) is 4.57 Å². The van der Waals surface area contributed by atoms with Gasteiger partial charge in [-0.1, -0.05) is 0 Å². The Kier molecular flexibility index (Phi) is 4.47. The predicted octanol–water partition coefficient (Wildman–Crippen LogP) is 1.39. The second-order valence-electron chi connectivity index (χ2n) is 6.48. The summed E-state index contributed by atoms with van der Waals surface area (Å²) in [7, 11) is 3.97. The number of aryl methyl sites for hydroxylation is 1. The van der Waals surface area contributed by atoms with Crippen molar-refractivity contribution in [3.05, 3.63) is 33.9 Å². The van der Waals surface area contributed by atoms with Gasteiger partial charge in [0.2, 0.25) is 5.43 Å². The van der Waals surface area contributed by atoms with Crippen LogP contribution >= 0.6 is 0 Å². The van der Waals surface area contributed by atoms with E-state index in [4.69, 9.17) is 0 Å². The van der Waals surface area contributed by atoms with Gasteiger partial charge in [0.05, 0.1) is 5.39 Å². The number of carboxylic acid groups (broad SMARTS) is 1. The van der Waals surface area contributed by atoms with Crippen molar-refractivity contribution in [1.29, 1.82) is 0 Å². The zero-order valence-corrected chi connectivity index (χ0v) is 14.5. The Labute approximate surface area is 144 Å². The van der Waals surface area contributed by atoms with E-state index in [1.165, 1.54) is 6.20 Å². The highest BCUT2D eigenvalue weighted by atomic mass is 19.1. The molecule has 25 heavy (non-hydrogen) atoms. The van der Waals surface area contributed by atoms with Crippen LogP contribution in [0.1, 0.15) is 23.7 Å². The van der Waals surface area contributed by atoms with E-state index in [0.717, 1.165) is 12.5 Å². The fourth-order valence-corrected chi connectivity index (χ4v) is 3.25. The number of likely N-dealkylation sites (N-methyl/N-ethyl adjacent to an activating group) is 1. The zero-order chi connectivity index (χ0) is 18.3. The molecule has 0 aliphatic carbocycles. The second-order valence-corrected chi connectivity index (χ2v) is 6.48. The average Bonchev–Trinajstić information content (AvgIpc) is 3.05. The van der Waals surface area contributed by atoms with Gasteiger partial charge >= 0.3 is 5.97 Å². The van der Waals surface area contributed by atoms with Crippen molar-refractivity contribution in [2.24, 2.45) is 0 Å². The van der Waals surface area contributed by atoms with Crippen LogP contribution in [-0.2, 0) is 6.54 Å². The lowest BCUT2D eigenvalue weighted by Crippen LogP contribution is -2.32. The van der Waals surface area contributed by atoms with Gasteiger partial charge in [0.1, 0.15) is 11.2 Å². The van der Waals surface area contributed by atoms with Gasteiger partial charge in [-0.3, -0.25) is 4.79 Å². The summed E-state index contributed by atoms with van der Waals surface area (Å²) in [5.74, 6) is -1.72. The van der Waals surface area contributed by atoms with Gasteiger partial charge < -0.3 is 19.5 Å². The number of hydrogen-bond acceptors (Lipinski definition) is 5. The summed E-state index contributed by atoms with van der Waals surface area (Å²) in [6.07, 6.45) is 2.18. The van der Waals surface area contributed by atoms with Gasteiger partial charge in [-0.25, -0.2) is 14.2 Å². The van der Waals surface area contributed by atoms with Crippen molar-refractivity contribution in [2.75, 3.05) is 32.1 Å². The molecule has 1 saturated heterocycles. The largest absolute Gasteiger partial charge is 0.477 e. The molecular formula is C17H21FN4O3. The van der Waals surface area contributed by atoms with Crippen molar-refractivity contribution in [2.45, 2.75) is 25.9 Å². The quantitative estimate of drug-likeness (QED) is 0.900. The van der Waals surface area contributed by atoms with Gasteiger partial charge in [0.25, 0.3) is 0 Å². The lowest BCUT2D eigenvalue weighted by atomic mass is 10.2. The number of carbonyl (C=O) groups is 1. The van der Waals surface area contributed by atoms with Crippen molar-refractivity contribution < 1.29 is 14.3 Å². The van der Waals surface area contributed by atoms with E-state index < -0.39 is 17.2 Å². The number of nitrogens with zero attached hydrogens (tertiary/aromatic N) is 4. The number of hydrogen-bond donors (Lipinski definition) is 1. The van der Waals surface area contributed by atoms with Crippen LogP contribution in [-0.4, -0.2) is 58.8 Å². The third-order valence-electron chi connectivity index (χ3n) is 4.75. The van der Waals surface area contributed by atoms with E-state index in [9.17, 15) is 19.1 Å². The molecule has 1 fully saturated rings. The van der Waals surface area contributed by atoms with Crippen molar-refractivity contribution in [3.63, 3.8) is 0 Å². The molecule has 1 atom stereocenters. The van der Waals surface area contributed by atoms with E-state index in [1.807, 2.05) is 25.9 Å². The highest BCUT2D eigenvalue weighted by Gasteiger charge is 2.28. The number of aromatic nitrogens is 2. The molecule has 0 aromatic carbocycles. The number of pyridine rings is 2. The summed E-state index contributed by atoms with van der Waals surface area (Å²) in [6, 6.07) is 1.43. The van der Waals surface area contributed by atoms with Crippen LogP contribution in [0.15, 0.2) is 17.1 Å². The number of aromatic carboxylic acids is 1. The number of rotatable bonds is 4. The maximum atomic E-state index is 14.6. The molecule has 2 aromatic heterocycles. The fourth-order valence-electron chi connectivity index (χ4n) is 3.25. The Bertz CT molecular complexity index is 894. The fraction of sp³-hybridized carbons (Fsp3) is 0.471. The van der Waals surface area contributed by atoms with Crippen LogP contribution < -0.4 is 10.3 Å². The molecule has 3 heterocycles. The lowest BCUT2D eigenvalue weighted by molar-refractivity contribution is 0.0695. The molecule has 3 rings (SSSR count). The number of carboxylic acids is 1. The van der Waals surface area contributed by atoms with Crippen LogP contribution in [0.2, 0.25) is 0 Å². The first-order valence-electron chi connectivity index (χ1n) is 8.21. The topological polar surface area (TPSA) is 78.7 Å². The summed E-state index contributed by atoms with van der Waals surface area (Å²) >= 11 is 0. The molecule has 8 heteroatoms. The summed E-state index contributed by atoms with van der Waals surface area (Å²) < 4.78 is 16.2. The first kappa shape index (κ1) is 17.3. The molecular weight excluding hydrogens is 327 g/mol. The molecule has 1 unspecified atom stereocenters. The lowest BCUT2D eigenvalue weighted by Gasteiger charge is -2.22. The highest BCUT2D eigenvalue weighted by Crippen LogP contribution is 2.25. The van der Waals surface area contributed by atoms with Crippen molar-refractivity contribution in [1.82, 2.24) is 14.5 Å². The van der Waals surface area contributed by atoms with Crippen molar-refractivity contribution >= 4 is 22.8 Å². The minimum Gasteiger partial charge on any atom is -0.477 e. The first-order chi connectivity index (χ1) is 11.8.